The lowest BCUT2D eigenvalue weighted by Crippen LogP contribution is -2.34. The Morgan fingerprint density at radius 3 is 2.27 bits per heavy atom. The molecule has 0 spiro atoms. The highest BCUT2D eigenvalue weighted by atomic mass is 16.6. The van der Waals surface area contributed by atoms with Gasteiger partial charge >= 0.3 is 6.09 Å². The van der Waals surface area contributed by atoms with Crippen LogP contribution in [0.1, 0.15) is 45.6 Å². The van der Waals surface area contributed by atoms with Crippen molar-refractivity contribution in [1.82, 2.24) is 10.6 Å². The van der Waals surface area contributed by atoms with Crippen molar-refractivity contribution in [3.8, 4) is 5.75 Å². The Balaban J connectivity index is 1.70. The van der Waals surface area contributed by atoms with Crippen LogP contribution in [0.2, 0.25) is 0 Å². The summed E-state index contributed by atoms with van der Waals surface area (Å²) in [5.74, 6) is 0.445. The van der Waals surface area contributed by atoms with E-state index >= 15 is 0 Å². The first-order valence-electron chi connectivity index (χ1n) is 11.0. The second-order valence-corrected chi connectivity index (χ2v) is 8.43. The van der Waals surface area contributed by atoms with Gasteiger partial charge in [0.05, 0.1) is 6.61 Å². The van der Waals surface area contributed by atoms with Crippen LogP contribution in [-0.4, -0.2) is 36.7 Å². The normalized spacial score (nSPS) is 10.8. The Kier molecular flexibility index (Phi) is 10.2. The summed E-state index contributed by atoms with van der Waals surface area (Å²) < 4.78 is 10.7. The second-order valence-electron chi connectivity index (χ2n) is 8.43. The molecule has 0 bridgehead atoms. The highest BCUT2D eigenvalue weighted by molar-refractivity contribution is 5.92. The van der Waals surface area contributed by atoms with E-state index in [2.05, 4.69) is 16.0 Å². The molecule has 8 nitrogen and oxygen atoms in total. The van der Waals surface area contributed by atoms with Crippen molar-refractivity contribution in [2.45, 2.75) is 52.2 Å². The van der Waals surface area contributed by atoms with Crippen LogP contribution >= 0.6 is 0 Å². The van der Waals surface area contributed by atoms with Crippen LogP contribution in [0, 0.1) is 0 Å². The Hall–Kier alpha value is -3.55. The monoisotopic (exact) mass is 455 g/mol. The molecule has 0 radical (unpaired) electrons. The summed E-state index contributed by atoms with van der Waals surface area (Å²) in [7, 11) is 0. The summed E-state index contributed by atoms with van der Waals surface area (Å²) in [6, 6.07) is 16.7. The highest BCUT2D eigenvalue weighted by Gasteiger charge is 2.16. The van der Waals surface area contributed by atoms with Crippen molar-refractivity contribution in [2.24, 2.45) is 0 Å². The fraction of sp³-hybridized carbons (Fsp3) is 0.400. The van der Waals surface area contributed by atoms with Gasteiger partial charge in [0.1, 0.15) is 11.4 Å². The smallest absolute Gasteiger partial charge is 0.407 e. The van der Waals surface area contributed by atoms with E-state index in [0.717, 1.165) is 11.3 Å². The standard InChI is InChI=1S/C25H33N3O5/c1-25(2,3)33-24(31)26-16-15-23(30)28-21-13-8-7-10-19(21)18-27-22(29)14-9-17-32-20-11-5-4-6-12-20/h4-8,10-13H,9,14-18H2,1-3H3,(H,26,31)(H,27,29)(H,28,30). The average Bonchev–Trinajstić information content (AvgIpc) is 2.75. The number of amides is 3. The molecule has 0 aromatic heterocycles. The molecule has 2 aromatic carbocycles. The molecule has 0 aliphatic carbocycles. The zero-order valence-electron chi connectivity index (χ0n) is 19.5. The van der Waals surface area contributed by atoms with E-state index in [1.54, 1.807) is 32.9 Å². The van der Waals surface area contributed by atoms with Gasteiger partial charge in [-0.2, -0.15) is 0 Å². The molecule has 2 rings (SSSR count). The van der Waals surface area contributed by atoms with E-state index in [4.69, 9.17) is 9.47 Å². The second kappa shape index (κ2) is 13.1. The van der Waals surface area contributed by atoms with Crippen molar-refractivity contribution < 1.29 is 23.9 Å². The summed E-state index contributed by atoms with van der Waals surface area (Å²) >= 11 is 0. The van der Waals surface area contributed by atoms with Crippen molar-refractivity contribution >= 4 is 23.6 Å². The van der Waals surface area contributed by atoms with Gasteiger partial charge in [0.25, 0.3) is 0 Å². The topological polar surface area (TPSA) is 106 Å². The summed E-state index contributed by atoms with van der Waals surface area (Å²) in [5, 5.41) is 8.25. The first-order valence-corrected chi connectivity index (χ1v) is 11.0. The molecule has 0 saturated carbocycles. The molecule has 0 unspecified atom stereocenters. The van der Waals surface area contributed by atoms with Crippen molar-refractivity contribution in [2.75, 3.05) is 18.5 Å². The largest absolute Gasteiger partial charge is 0.494 e. The Morgan fingerprint density at radius 1 is 0.848 bits per heavy atom. The molecule has 3 amide bonds. The molecule has 3 N–H and O–H groups in total. The summed E-state index contributed by atoms with van der Waals surface area (Å²) in [5.41, 5.74) is 0.817. The van der Waals surface area contributed by atoms with Crippen LogP contribution in [0.25, 0.3) is 0 Å². The number of carbonyl (C=O) groups is 3. The molecular formula is C25H33N3O5. The number of anilines is 1. The van der Waals surface area contributed by atoms with Gasteiger partial charge in [-0.3, -0.25) is 9.59 Å². The predicted octanol–water partition coefficient (Wildman–Crippen LogP) is 4.02. The molecule has 2 aromatic rings. The number of carbonyl (C=O) groups excluding carboxylic acids is 3. The quantitative estimate of drug-likeness (QED) is 0.444. The van der Waals surface area contributed by atoms with Gasteiger partial charge in [0, 0.05) is 31.6 Å². The van der Waals surface area contributed by atoms with Crippen LogP contribution in [0.15, 0.2) is 54.6 Å². The van der Waals surface area contributed by atoms with Crippen molar-refractivity contribution in [3.05, 3.63) is 60.2 Å². The molecule has 8 heteroatoms. The molecule has 33 heavy (non-hydrogen) atoms. The lowest BCUT2D eigenvalue weighted by molar-refractivity contribution is -0.121. The van der Waals surface area contributed by atoms with E-state index < -0.39 is 11.7 Å². The fourth-order valence-electron chi connectivity index (χ4n) is 2.82. The minimum Gasteiger partial charge on any atom is -0.494 e. The molecular weight excluding hydrogens is 422 g/mol. The fourth-order valence-corrected chi connectivity index (χ4v) is 2.82. The summed E-state index contributed by atoms with van der Waals surface area (Å²) in [6.07, 6.45) is 0.482. The van der Waals surface area contributed by atoms with Crippen LogP contribution in [0.5, 0.6) is 5.75 Å². The number of nitrogens with one attached hydrogen (secondary N) is 3. The molecule has 0 aliphatic rings. The number of alkyl carbamates (subject to hydrolysis) is 1. The van der Waals surface area contributed by atoms with Gasteiger partial charge in [-0.25, -0.2) is 4.79 Å². The van der Waals surface area contributed by atoms with Gasteiger partial charge in [0.2, 0.25) is 11.8 Å². The van der Waals surface area contributed by atoms with Gasteiger partial charge in [-0.05, 0) is 51.0 Å². The maximum absolute atomic E-state index is 12.3. The molecule has 178 valence electrons. The summed E-state index contributed by atoms with van der Waals surface area (Å²) in [4.78, 5) is 36.1. The van der Waals surface area contributed by atoms with Gasteiger partial charge < -0.3 is 25.4 Å². The summed E-state index contributed by atoms with van der Waals surface area (Å²) in [6.45, 7) is 6.23. The average molecular weight is 456 g/mol. The minimum atomic E-state index is -0.593. The van der Waals surface area contributed by atoms with Gasteiger partial charge in [-0.1, -0.05) is 36.4 Å². The Labute approximate surface area is 195 Å². The van der Waals surface area contributed by atoms with E-state index in [9.17, 15) is 14.4 Å². The molecule has 0 aliphatic heterocycles. The van der Waals surface area contributed by atoms with Gasteiger partial charge in [-0.15, -0.1) is 0 Å². The lowest BCUT2D eigenvalue weighted by atomic mass is 10.1. The zero-order chi connectivity index (χ0) is 24.1. The van der Waals surface area contributed by atoms with Crippen molar-refractivity contribution in [3.63, 3.8) is 0 Å². The zero-order valence-corrected chi connectivity index (χ0v) is 19.5. The van der Waals surface area contributed by atoms with Crippen molar-refractivity contribution in [1.29, 1.82) is 0 Å². The maximum Gasteiger partial charge on any atom is 0.407 e. The molecule has 0 atom stereocenters. The molecule has 0 heterocycles. The molecule has 0 fully saturated rings. The third-order valence-electron chi connectivity index (χ3n) is 4.35. The Bertz CT molecular complexity index is 910. The first kappa shape index (κ1) is 25.7. The predicted molar refractivity (Wildman–Crippen MR) is 127 cm³/mol. The van der Waals surface area contributed by atoms with Crippen LogP contribution in [0.4, 0.5) is 10.5 Å². The Morgan fingerprint density at radius 2 is 1.55 bits per heavy atom. The number of rotatable bonds is 11. The van der Waals surface area contributed by atoms with Crippen LogP contribution in [0.3, 0.4) is 0 Å². The number of hydrogen-bond donors (Lipinski definition) is 3. The lowest BCUT2D eigenvalue weighted by Gasteiger charge is -2.19. The minimum absolute atomic E-state index is 0.0886. The van der Waals surface area contributed by atoms with E-state index in [1.807, 2.05) is 42.5 Å². The van der Waals surface area contributed by atoms with E-state index in [0.29, 0.717) is 31.7 Å². The molecule has 0 saturated heterocycles. The maximum atomic E-state index is 12.3. The number of ether oxygens (including phenoxy) is 2. The number of benzene rings is 2. The van der Waals surface area contributed by atoms with Crippen LogP contribution in [-0.2, 0) is 20.9 Å². The number of para-hydroxylation sites is 2. The van der Waals surface area contributed by atoms with Gasteiger partial charge in [0.15, 0.2) is 0 Å². The highest BCUT2D eigenvalue weighted by Crippen LogP contribution is 2.15. The third kappa shape index (κ3) is 11.0. The van der Waals surface area contributed by atoms with E-state index in [1.165, 1.54) is 0 Å². The van der Waals surface area contributed by atoms with Crippen LogP contribution < -0.4 is 20.7 Å². The van der Waals surface area contributed by atoms with E-state index in [-0.39, 0.29) is 24.8 Å². The number of hydrogen-bond acceptors (Lipinski definition) is 5. The first-order chi connectivity index (χ1) is 15.7. The third-order valence-corrected chi connectivity index (χ3v) is 4.35. The SMILES string of the molecule is CC(C)(C)OC(=O)NCCC(=O)Nc1ccccc1CNC(=O)CCCOc1ccccc1.